The summed E-state index contributed by atoms with van der Waals surface area (Å²) in [6.45, 7) is 0. The van der Waals surface area contributed by atoms with Crippen LogP contribution in [0, 0.1) is 0 Å². The van der Waals surface area contributed by atoms with E-state index in [1.807, 2.05) is 0 Å². The summed E-state index contributed by atoms with van der Waals surface area (Å²) in [5.74, 6) is -2.51. The van der Waals surface area contributed by atoms with Crippen LogP contribution in [0.4, 0.5) is 11.4 Å². The Morgan fingerprint density at radius 3 is 2.56 bits per heavy atom. The van der Waals surface area contributed by atoms with Crippen molar-refractivity contribution in [2.45, 2.75) is 10.1 Å². The number of hydrogen-bond acceptors (Lipinski definition) is 5. The molecular weight excluding hydrogens is 344 g/mol. The standard InChI is InChI=1S/C17H14N2O5S/c1-24-12-8-4-2-6-10(12)18-16(21)14(20)15-17(22)19-11-7-3-5-9-13(11)25(15)23/h2-9,15H,1H3,(H,18,21)(H,19,22). The zero-order chi connectivity index (χ0) is 18.0. The Balaban J connectivity index is 1.84. The Morgan fingerprint density at radius 1 is 1.12 bits per heavy atom. The fourth-order valence-corrected chi connectivity index (χ4v) is 3.79. The Bertz CT molecular complexity index is 896. The van der Waals surface area contributed by atoms with Crippen molar-refractivity contribution in [2.24, 2.45) is 0 Å². The van der Waals surface area contributed by atoms with Crippen LogP contribution in [0.5, 0.6) is 5.75 Å². The molecule has 0 aromatic heterocycles. The second-order valence-electron chi connectivity index (χ2n) is 5.18. The Hall–Kier alpha value is -3.00. The minimum atomic E-state index is -1.95. The maximum atomic E-state index is 12.6. The van der Waals surface area contributed by atoms with Crippen molar-refractivity contribution >= 4 is 39.8 Å². The molecule has 2 aromatic carbocycles. The zero-order valence-electron chi connectivity index (χ0n) is 13.1. The molecule has 128 valence electrons. The lowest BCUT2D eigenvalue weighted by Gasteiger charge is -2.22. The number of carbonyl (C=O) groups is 3. The van der Waals surface area contributed by atoms with E-state index in [4.69, 9.17) is 4.74 Å². The van der Waals surface area contributed by atoms with Gasteiger partial charge >= 0.3 is 0 Å². The van der Waals surface area contributed by atoms with Gasteiger partial charge in [0.05, 0.1) is 34.2 Å². The van der Waals surface area contributed by atoms with Crippen LogP contribution in [0.1, 0.15) is 0 Å². The number of methoxy groups -OCH3 is 1. The van der Waals surface area contributed by atoms with E-state index in [0.29, 0.717) is 16.3 Å². The normalized spacial score (nSPS) is 18.7. The van der Waals surface area contributed by atoms with E-state index < -0.39 is 33.6 Å². The van der Waals surface area contributed by atoms with Crippen LogP contribution in [0.25, 0.3) is 0 Å². The first-order valence-electron chi connectivity index (χ1n) is 7.31. The number of ketones is 1. The van der Waals surface area contributed by atoms with Gasteiger partial charge in [-0.1, -0.05) is 24.3 Å². The number of anilines is 2. The van der Waals surface area contributed by atoms with Crippen LogP contribution >= 0.6 is 0 Å². The molecule has 0 spiro atoms. The van der Waals surface area contributed by atoms with Gasteiger partial charge in [-0.15, -0.1) is 0 Å². The summed E-state index contributed by atoms with van der Waals surface area (Å²) in [7, 11) is -0.528. The number of rotatable bonds is 4. The Morgan fingerprint density at radius 2 is 1.80 bits per heavy atom. The van der Waals surface area contributed by atoms with Crippen LogP contribution in [0.3, 0.4) is 0 Å². The summed E-state index contributed by atoms with van der Waals surface area (Å²) in [5, 5.41) is 3.31. The summed E-state index contributed by atoms with van der Waals surface area (Å²) in [6.07, 6.45) is 0. The number of benzene rings is 2. The van der Waals surface area contributed by atoms with E-state index in [0.717, 1.165) is 0 Å². The molecule has 0 aliphatic carbocycles. The van der Waals surface area contributed by atoms with Crippen molar-refractivity contribution in [2.75, 3.05) is 17.7 Å². The van der Waals surface area contributed by atoms with E-state index >= 15 is 0 Å². The number of para-hydroxylation sites is 3. The summed E-state index contributed by atoms with van der Waals surface area (Å²) < 4.78 is 17.7. The highest BCUT2D eigenvalue weighted by Gasteiger charge is 2.41. The molecule has 1 heterocycles. The van der Waals surface area contributed by atoms with Gasteiger partial charge in [-0.25, -0.2) is 0 Å². The fraction of sp³-hybridized carbons (Fsp3) is 0.118. The summed E-state index contributed by atoms with van der Waals surface area (Å²) in [4.78, 5) is 37.1. The van der Waals surface area contributed by atoms with Crippen molar-refractivity contribution in [1.82, 2.24) is 0 Å². The molecule has 0 radical (unpaired) electrons. The molecule has 0 bridgehead atoms. The van der Waals surface area contributed by atoms with Gasteiger partial charge in [-0.3, -0.25) is 18.6 Å². The number of ether oxygens (including phenoxy) is 1. The number of fused-ring (bicyclic) bond motifs is 1. The second kappa shape index (κ2) is 6.86. The van der Waals surface area contributed by atoms with E-state index in [9.17, 15) is 18.6 Å². The van der Waals surface area contributed by atoms with Gasteiger partial charge in [0.15, 0.2) is 5.25 Å². The lowest BCUT2D eigenvalue weighted by molar-refractivity contribution is -0.136. The predicted molar refractivity (Wildman–Crippen MR) is 91.9 cm³/mol. The molecule has 1 aliphatic heterocycles. The molecule has 8 heteroatoms. The van der Waals surface area contributed by atoms with Crippen LogP contribution < -0.4 is 15.4 Å². The van der Waals surface area contributed by atoms with E-state index in [1.165, 1.54) is 7.11 Å². The zero-order valence-corrected chi connectivity index (χ0v) is 14.0. The number of Topliss-reactive ketones (excluding diaryl/α,β-unsaturated/α-hetero) is 1. The van der Waals surface area contributed by atoms with Crippen LogP contribution in [0.2, 0.25) is 0 Å². The lowest BCUT2D eigenvalue weighted by atomic mass is 10.2. The topological polar surface area (TPSA) is 102 Å². The molecule has 2 amide bonds. The molecule has 2 N–H and O–H groups in total. The largest absolute Gasteiger partial charge is 0.495 e. The van der Waals surface area contributed by atoms with Crippen molar-refractivity contribution in [3.05, 3.63) is 48.5 Å². The Kier molecular flexibility index (Phi) is 4.62. The monoisotopic (exact) mass is 358 g/mol. The molecule has 2 unspecified atom stereocenters. The number of nitrogens with one attached hydrogen (secondary N) is 2. The predicted octanol–water partition coefficient (Wildman–Crippen LogP) is 1.33. The molecule has 25 heavy (non-hydrogen) atoms. The number of amides is 2. The van der Waals surface area contributed by atoms with Crippen LogP contribution in [0.15, 0.2) is 53.4 Å². The van der Waals surface area contributed by atoms with Crippen LogP contribution in [-0.2, 0) is 25.2 Å². The summed E-state index contributed by atoms with van der Waals surface area (Å²) in [6, 6.07) is 13.0. The molecule has 3 rings (SSSR count). The molecular formula is C17H14N2O5S. The average molecular weight is 358 g/mol. The van der Waals surface area contributed by atoms with E-state index in [-0.39, 0.29) is 5.69 Å². The number of carbonyl (C=O) groups excluding carboxylic acids is 3. The van der Waals surface area contributed by atoms with E-state index in [1.54, 1.807) is 48.5 Å². The molecule has 1 aliphatic rings. The first kappa shape index (κ1) is 16.8. The summed E-state index contributed by atoms with van der Waals surface area (Å²) >= 11 is 0. The average Bonchev–Trinajstić information content (AvgIpc) is 2.62. The van der Waals surface area contributed by atoms with Crippen molar-refractivity contribution in [1.29, 1.82) is 0 Å². The maximum Gasteiger partial charge on any atom is 0.293 e. The quantitative estimate of drug-likeness (QED) is 0.634. The fourth-order valence-electron chi connectivity index (χ4n) is 2.43. The second-order valence-corrected chi connectivity index (χ2v) is 6.69. The lowest BCUT2D eigenvalue weighted by Crippen LogP contribution is -2.46. The minimum absolute atomic E-state index is 0.283. The summed E-state index contributed by atoms with van der Waals surface area (Å²) in [5.41, 5.74) is 0.658. The van der Waals surface area contributed by atoms with Crippen molar-refractivity contribution in [3.8, 4) is 5.75 Å². The van der Waals surface area contributed by atoms with Gasteiger partial charge in [0.25, 0.3) is 5.91 Å². The van der Waals surface area contributed by atoms with Gasteiger partial charge in [0.1, 0.15) is 5.75 Å². The van der Waals surface area contributed by atoms with Gasteiger partial charge in [-0.2, -0.15) is 0 Å². The third-order valence-electron chi connectivity index (χ3n) is 3.63. The smallest absolute Gasteiger partial charge is 0.293 e. The van der Waals surface area contributed by atoms with Gasteiger partial charge in [-0.05, 0) is 24.3 Å². The molecule has 7 nitrogen and oxygen atoms in total. The molecule has 2 aromatic rings. The van der Waals surface area contributed by atoms with Gasteiger partial charge < -0.3 is 15.4 Å². The van der Waals surface area contributed by atoms with Gasteiger partial charge in [0, 0.05) is 0 Å². The highest BCUT2D eigenvalue weighted by molar-refractivity contribution is 7.87. The van der Waals surface area contributed by atoms with Crippen LogP contribution in [-0.4, -0.2) is 34.2 Å². The third kappa shape index (κ3) is 3.16. The highest BCUT2D eigenvalue weighted by Crippen LogP contribution is 2.28. The molecule has 0 fully saturated rings. The molecule has 0 saturated carbocycles. The molecule has 2 atom stereocenters. The first-order valence-corrected chi connectivity index (χ1v) is 8.53. The van der Waals surface area contributed by atoms with E-state index in [2.05, 4.69) is 10.6 Å². The van der Waals surface area contributed by atoms with Gasteiger partial charge in [0.2, 0.25) is 11.7 Å². The first-order chi connectivity index (χ1) is 12.0. The SMILES string of the molecule is COc1ccccc1NC(=O)C(=O)C1C(=O)Nc2ccccc2S1=O. The maximum absolute atomic E-state index is 12.6. The van der Waals surface area contributed by atoms with Crippen molar-refractivity contribution in [3.63, 3.8) is 0 Å². The third-order valence-corrected chi connectivity index (χ3v) is 5.28. The molecule has 0 saturated heterocycles. The minimum Gasteiger partial charge on any atom is -0.495 e. The Labute approximate surface area is 145 Å². The number of hydrogen-bond donors (Lipinski definition) is 2. The van der Waals surface area contributed by atoms with Crippen molar-refractivity contribution < 1.29 is 23.3 Å². The highest BCUT2D eigenvalue weighted by atomic mass is 32.2.